The van der Waals surface area contributed by atoms with E-state index in [9.17, 15) is 66.3 Å². The number of carbonyl (C=O) groups is 1. The molecule has 15 N–H and O–H groups in total. The number of hydrogen-bond acceptors (Lipinski definition) is 17. The molecular weight excluding hydrogens is 1590 g/mol. The van der Waals surface area contributed by atoms with E-state index >= 15 is 0 Å². The number of halogens is 5. The molecule has 4 aliphatic carbocycles. The van der Waals surface area contributed by atoms with Crippen molar-refractivity contribution in [1.29, 1.82) is 0 Å². The number of fused-ring (bicyclic) bond motifs is 12. The summed E-state index contributed by atoms with van der Waals surface area (Å²) in [5.41, 5.74) is 19.6. The van der Waals surface area contributed by atoms with Crippen LogP contribution >= 0.6 is 10.2 Å². The number of anilines is 5. The first-order chi connectivity index (χ1) is 52.8. The van der Waals surface area contributed by atoms with E-state index in [1.807, 2.05) is 69.3 Å². The smallest absolute Gasteiger partial charge is 0.412 e. The fourth-order valence-electron chi connectivity index (χ4n) is 16.1. The van der Waals surface area contributed by atoms with E-state index in [2.05, 4.69) is 73.1 Å². The van der Waals surface area contributed by atoms with Crippen molar-refractivity contribution in [3.05, 3.63) is 273 Å². The van der Waals surface area contributed by atoms with Crippen molar-refractivity contribution in [2.75, 3.05) is 26.6 Å². The highest BCUT2D eigenvalue weighted by Crippen LogP contribution is 3.02. The van der Waals surface area contributed by atoms with Crippen LogP contribution in [0.25, 0.3) is 10.4 Å². The van der Waals surface area contributed by atoms with Gasteiger partial charge in [0.25, 0.3) is 0 Å². The van der Waals surface area contributed by atoms with Gasteiger partial charge < -0.3 is 26.0 Å². The van der Waals surface area contributed by atoms with Crippen LogP contribution in [0.5, 0.6) is 0 Å². The zero-order chi connectivity index (χ0) is 81.4. The van der Waals surface area contributed by atoms with Gasteiger partial charge in [0.2, 0.25) is 50.1 Å². The summed E-state index contributed by atoms with van der Waals surface area (Å²) >= 11 is 0. The molecule has 4 heterocycles. The number of nitrogens with two attached hydrogens (primary N) is 5. The summed E-state index contributed by atoms with van der Waals surface area (Å²) in [7, 11) is -28.6. The topological polar surface area (TPSA) is 436 Å². The number of allylic oxidation sites excluding steroid dienone is 8. The first-order valence-electron chi connectivity index (χ1n) is 35.4. The van der Waals surface area contributed by atoms with Crippen molar-refractivity contribution in [3.8, 4) is 0 Å². The third-order valence-corrected chi connectivity index (χ3v) is 27.0. The second-order valence-electron chi connectivity index (χ2n) is 29.8. The van der Waals surface area contributed by atoms with Crippen LogP contribution in [0.15, 0.2) is 253 Å². The molecule has 0 saturated heterocycles. The molecule has 0 radical (unpaired) electrons. The Morgan fingerprint density at radius 2 is 0.690 bits per heavy atom. The molecule has 0 fully saturated rings. The first-order valence-corrected chi connectivity index (χ1v) is 45.1. The van der Waals surface area contributed by atoms with Crippen molar-refractivity contribution < 1.29 is 71.0 Å². The summed E-state index contributed by atoms with van der Waals surface area (Å²) in [5.74, 6) is 0.755. The molecule has 25 nitrogen and oxygen atoms in total. The van der Waals surface area contributed by atoms with Crippen LogP contribution in [-0.4, -0.2) is 53.8 Å². The third kappa shape index (κ3) is 18.0. The minimum absolute atomic E-state index is 0.0317. The first kappa shape index (κ1) is 81.1. The number of carbonyl (C=O) groups excluding carboxylic acids is 1. The molecule has 36 heteroatoms. The molecule has 16 rings (SSSR count). The molecule has 1 amide bonds. The van der Waals surface area contributed by atoms with Crippen molar-refractivity contribution in [2.45, 2.75) is 129 Å². The molecule has 12 atom stereocenters. The molecule has 0 spiro atoms. The van der Waals surface area contributed by atoms with E-state index in [1.54, 1.807) is 66.7 Å². The molecule has 8 aromatic rings. The lowest BCUT2D eigenvalue weighted by Crippen LogP contribution is -2.29. The van der Waals surface area contributed by atoms with Gasteiger partial charge in [0.15, 0.2) is 0 Å². The second kappa shape index (κ2) is 29.5. The number of primary sulfonamides is 5. The van der Waals surface area contributed by atoms with Gasteiger partial charge in [0.1, 0.15) is 10.5 Å². The van der Waals surface area contributed by atoms with Crippen LogP contribution in [0.2, 0.25) is 0 Å². The van der Waals surface area contributed by atoms with Gasteiger partial charge in [-0.25, -0.2) is 72.6 Å². The fourth-order valence-corrected chi connectivity index (χ4v) is 19.5. The lowest BCUT2D eigenvalue weighted by atomic mass is 9.77. The number of azide groups is 1. The third-order valence-electron chi connectivity index (χ3n) is 21.2. The van der Waals surface area contributed by atoms with Crippen molar-refractivity contribution in [2.24, 2.45) is 54.5 Å². The van der Waals surface area contributed by atoms with Gasteiger partial charge >= 0.3 is 16.3 Å². The molecule has 8 aromatic carbocycles. The molecular formula is C77H80F5N13O12S6. The molecule has 0 saturated carbocycles. The van der Waals surface area contributed by atoms with Crippen LogP contribution in [0.3, 0.4) is 0 Å². The minimum Gasteiger partial charge on any atom is -0.444 e. The Morgan fingerprint density at radius 1 is 0.425 bits per heavy atom. The fraction of sp³-hybridized carbons (Fsp3) is 0.260. The van der Waals surface area contributed by atoms with Crippen molar-refractivity contribution in [1.82, 2.24) is 0 Å². The highest BCUT2D eigenvalue weighted by atomic mass is 32.5. The van der Waals surface area contributed by atoms with Gasteiger partial charge in [-0.3, -0.25) is 5.32 Å². The van der Waals surface area contributed by atoms with Gasteiger partial charge in [-0.15, -0.1) is 0 Å². The predicted molar refractivity (Wildman–Crippen MR) is 424 cm³/mol. The molecule has 0 bridgehead atoms. The van der Waals surface area contributed by atoms with Gasteiger partial charge in [-0.1, -0.05) is 134 Å². The Balaban J connectivity index is 0.000000132. The SMILES string of the molecule is CC(C)(C)OC(=O)Nc1ccc([C@H]2Nc3ccc(S(N)(=O)=O)cc3[C@H]3C=CC[C@H]32)cc1.NS(=O)(=O)c1ccc([C@H]2Nc3ccc(S(N)(=O)=O)cc3[C@H]3C=CC[C@H]32)cc1.NS(=O)(=O)c1ccc2c(c1)[C@H]1C=CC[C@H]1[C@@H](c1ccc(S(F)(F)(F)(F)F)cc1)N2.[N-]=[N+]=Nc1ccc([C@H]2Nc3ccc(S(N)(=O)=O)cc3[C@H]3C=CC[C@H]32)cc1. The zero-order valence-electron chi connectivity index (χ0n) is 60.5. The van der Waals surface area contributed by atoms with E-state index in [0.717, 1.165) is 87.4 Å². The van der Waals surface area contributed by atoms with E-state index < -0.39 is 83.0 Å². The number of benzene rings is 8. The molecule has 8 aliphatic rings. The standard InChI is InChI=1S/C23H27N3O4S.C18H17F5N2O2S2.C18H17N5O2S.C18H19N3O4S2/c1-23(2,3)30-22(27)25-15-9-7-14(8-10-15)21-18-6-4-5-17(18)19-13-16(31(24,28)29)11-12-20(19)26-21;19-29(20,21,22,23)13-7-4-11(5-8-13)18-15-3-1-2-14(15)16-10-12(28(24,26)27)6-9-17(16)25-18;19-23-22-12-6-4-11(5-7-12)18-15-3-1-2-14(15)16-10-13(26(20,24)25)8-9-17(16)21-18;19-26(22,23)12-6-4-11(5-7-12)18-15-3-1-2-14(15)16-10-13(27(20,24)25)8-9-17(16)21-18/h4-5,7-13,17-18,21,26H,6H2,1-3H3,(H,25,27)(H2,24,28,29);1-2,4-10,14-15,18,25H,3H2,(H2,24,26,27);1-2,4-10,14-15,18,21H,3H2,(H2,20,24,25);1-2,4-10,14-15,18,21H,3H2,(H2,19,22,23)(H2,20,24,25)/t17-,18+,21+;3*14-,15+,18+/m0000/s1. The lowest BCUT2D eigenvalue weighted by molar-refractivity contribution is 0.0635. The van der Waals surface area contributed by atoms with Gasteiger partial charge in [0, 0.05) is 62.7 Å². The summed E-state index contributed by atoms with van der Waals surface area (Å²) in [6.07, 6.45) is 19.3. The minimum atomic E-state index is -9.73. The van der Waals surface area contributed by atoms with Crippen molar-refractivity contribution >= 4 is 101 Å². The van der Waals surface area contributed by atoms with E-state index in [1.165, 1.54) is 42.5 Å². The Hall–Kier alpha value is -9.95. The summed E-state index contributed by atoms with van der Waals surface area (Å²) in [5, 5.41) is 46.4. The zero-order valence-corrected chi connectivity index (χ0v) is 65.4. The summed E-state index contributed by atoms with van der Waals surface area (Å²) in [4.78, 5) is 13.3. The Kier molecular flexibility index (Phi) is 21.1. The lowest BCUT2D eigenvalue weighted by Gasteiger charge is -2.41. The molecule has 0 aromatic heterocycles. The van der Waals surface area contributed by atoms with Gasteiger partial charge in [-0.05, 0) is 229 Å². The normalized spacial score (nSPS) is 24.0. The molecule has 0 unspecified atom stereocenters. The number of nitrogens with zero attached hydrogens (tertiary/aromatic N) is 3. The number of hydrogen-bond donors (Lipinski definition) is 10. The van der Waals surface area contributed by atoms with Crippen LogP contribution in [0.1, 0.15) is 139 Å². The van der Waals surface area contributed by atoms with Gasteiger partial charge in [0.05, 0.1) is 48.6 Å². The van der Waals surface area contributed by atoms with Crippen LogP contribution in [0.4, 0.5) is 58.3 Å². The average Bonchev–Trinajstić information content (AvgIpc) is 1.18. The summed E-state index contributed by atoms with van der Waals surface area (Å²) in [6, 6.07) is 43.6. The quantitative estimate of drug-likeness (QED) is 0.0179. The predicted octanol–water partition coefficient (Wildman–Crippen LogP) is 16.2. The number of ether oxygens (including phenoxy) is 1. The monoisotopic (exact) mass is 1670 g/mol. The van der Waals surface area contributed by atoms with E-state index in [0.29, 0.717) is 41.2 Å². The Morgan fingerprint density at radius 3 is 0.956 bits per heavy atom. The number of rotatable bonds is 12. The summed E-state index contributed by atoms with van der Waals surface area (Å²) in [6.45, 7) is 5.46. The van der Waals surface area contributed by atoms with Gasteiger partial charge in [-0.2, -0.15) is 0 Å². The van der Waals surface area contributed by atoms with Crippen LogP contribution in [0, 0.1) is 23.7 Å². The van der Waals surface area contributed by atoms with Crippen LogP contribution in [-0.2, 0) is 54.9 Å². The second-order valence-corrected chi connectivity index (χ2v) is 40.0. The van der Waals surface area contributed by atoms with Crippen LogP contribution < -0.4 is 52.3 Å². The average molecular weight is 1670 g/mol. The van der Waals surface area contributed by atoms with E-state index in [-0.39, 0.29) is 89.9 Å². The maximum atomic E-state index is 13.0. The Bertz CT molecular complexity index is 5900. The highest BCUT2D eigenvalue weighted by molar-refractivity contribution is 8.45. The Labute approximate surface area is 651 Å². The molecule has 596 valence electrons. The number of nitrogens with one attached hydrogen (secondary N) is 5. The summed E-state index contributed by atoms with van der Waals surface area (Å²) < 4.78 is 187. The van der Waals surface area contributed by atoms with Crippen molar-refractivity contribution in [3.63, 3.8) is 0 Å². The molecule has 4 aliphatic heterocycles. The highest BCUT2D eigenvalue weighted by Gasteiger charge is 2.65. The largest absolute Gasteiger partial charge is 0.444 e. The maximum absolute atomic E-state index is 13.0. The number of amides is 1. The maximum Gasteiger partial charge on any atom is 0.412 e. The van der Waals surface area contributed by atoms with E-state index in [4.69, 9.17) is 36.0 Å². The number of sulfonamides is 5. The molecule has 113 heavy (non-hydrogen) atoms.